The molecule has 12 nitrogen and oxygen atoms in total. The van der Waals surface area contributed by atoms with E-state index in [1.165, 1.54) is 0 Å². The molecule has 2 saturated heterocycles. The predicted octanol–water partition coefficient (Wildman–Crippen LogP) is 4.36. The highest BCUT2D eigenvalue weighted by molar-refractivity contribution is 5.90. The lowest BCUT2D eigenvalue weighted by Crippen LogP contribution is -2.51. The molecule has 4 aliphatic rings. The van der Waals surface area contributed by atoms with Gasteiger partial charge in [0, 0.05) is 36.1 Å². The van der Waals surface area contributed by atoms with E-state index in [1.54, 1.807) is 12.4 Å². The molecule has 12 heteroatoms. The fourth-order valence-corrected chi connectivity index (χ4v) is 7.30. The average molecular weight is 731 g/mol. The van der Waals surface area contributed by atoms with Crippen molar-refractivity contribution >= 4 is 23.6 Å². The molecule has 4 unspecified atom stereocenters. The SMILES string of the molecule is CC(C)C(NC(=O)C1CC1)C(=O)N1CCCC1c1ncc(C#Cc2ccc(C#Cc3cnc(C4CCCN4C(=O)C(NC(=O)C4CC4)C(C)C)[nH]3)cc2)[nH]1. The molecule has 2 aliphatic heterocycles. The first kappa shape index (κ1) is 37.0. The Morgan fingerprint density at radius 2 is 1.02 bits per heavy atom. The van der Waals surface area contributed by atoms with Crippen molar-refractivity contribution < 1.29 is 19.2 Å². The Balaban J connectivity index is 0.953. The van der Waals surface area contributed by atoms with E-state index in [4.69, 9.17) is 0 Å². The van der Waals surface area contributed by atoms with Crippen molar-refractivity contribution in [3.05, 3.63) is 70.8 Å². The Bertz CT molecular complexity index is 1860. The van der Waals surface area contributed by atoms with E-state index in [-0.39, 0.29) is 59.4 Å². The van der Waals surface area contributed by atoms with E-state index in [2.05, 4.69) is 54.3 Å². The fourth-order valence-electron chi connectivity index (χ4n) is 7.30. The molecule has 0 radical (unpaired) electrons. The van der Waals surface area contributed by atoms with Gasteiger partial charge in [0.15, 0.2) is 0 Å². The Kier molecular flexibility index (Phi) is 10.9. The lowest BCUT2D eigenvalue weighted by Gasteiger charge is -2.30. The van der Waals surface area contributed by atoms with Gasteiger partial charge in [-0.2, -0.15) is 0 Å². The third-order valence-corrected chi connectivity index (χ3v) is 10.8. The number of carbonyl (C=O) groups excluding carboxylic acids is 4. The van der Waals surface area contributed by atoms with Gasteiger partial charge in [0.25, 0.3) is 0 Å². The van der Waals surface area contributed by atoms with Gasteiger partial charge in [0.2, 0.25) is 23.6 Å². The standard InChI is InChI=1S/C42H50N8O4/c1-25(2)35(47-39(51)29-15-16-29)41(53)49-21-5-7-33(49)37-43-23-31(45-37)19-13-27-9-11-28(12-10-27)14-20-32-24-44-38(46-32)34-8-6-22-50(34)42(54)36(26(3)4)48-40(52)30-17-18-30/h9-12,23-26,29-30,33-36H,5-8,15-18,21-22H2,1-4H3,(H,43,45)(H,44,46)(H,47,51)(H,48,52). The van der Waals surface area contributed by atoms with Crippen LogP contribution in [-0.2, 0) is 19.2 Å². The van der Waals surface area contributed by atoms with Crippen LogP contribution in [0, 0.1) is 47.4 Å². The smallest absolute Gasteiger partial charge is 0.246 e. The number of hydrogen-bond donors (Lipinski definition) is 4. The summed E-state index contributed by atoms with van der Waals surface area (Å²) in [6.07, 6.45) is 10.3. The lowest BCUT2D eigenvalue weighted by atomic mass is 10.0. The van der Waals surface area contributed by atoms with Crippen LogP contribution in [0.1, 0.15) is 125 Å². The molecule has 2 aromatic heterocycles. The maximum atomic E-state index is 13.6. The summed E-state index contributed by atoms with van der Waals surface area (Å²) in [5, 5.41) is 6.01. The summed E-state index contributed by atoms with van der Waals surface area (Å²) in [5.41, 5.74) is 2.97. The van der Waals surface area contributed by atoms with Gasteiger partial charge < -0.3 is 30.4 Å². The largest absolute Gasteiger partial charge is 0.344 e. The van der Waals surface area contributed by atoms with Crippen LogP contribution in [0.2, 0.25) is 0 Å². The van der Waals surface area contributed by atoms with Crippen molar-refractivity contribution in [2.75, 3.05) is 13.1 Å². The molecule has 2 saturated carbocycles. The first-order valence-electron chi connectivity index (χ1n) is 19.5. The molecule has 54 heavy (non-hydrogen) atoms. The van der Waals surface area contributed by atoms with Crippen LogP contribution < -0.4 is 10.6 Å². The van der Waals surface area contributed by atoms with Gasteiger partial charge in [-0.15, -0.1) is 0 Å². The molecule has 1 aromatic carbocycles. The monoisotopic (exact) mass is 730 g/mol. The van der Waals surface area contributed by atoms with Crippen LogP contribution in [0.4, 0.5) is 0 Å². The van der Waals surface area contributed by atoms with E-state index in [0.717, 1.165) is 62.5 Å². The van der Waals surface area contributed by atoms with Gasteiger partial charge in [-0.3, -0.25) is 19.2 Å². The van der Waals surface area contributed by atoms with Crippen LogP contribution in [0.15, 0.2) is 36.7 Å². The maximum absolute atomic E-state index is 13.6. The predicted molar refractivity (Wildman–Crippen MR) is 202 cm³/mol. The van der Waals surface area contributed by atoms with Crippen molar-refractivity contribution in [1.29, 1.82) is 0 Å². The highest BCUT2D eigenvalue weighted by atomic mass is 16.2. The number of likely N-dealkylation sites (tertiary alicyclic amines) is 2. The van der Waals surface area contributed by atoms with Crippen LogP contribution in [0.25, 0.3) is 0 Å². The van der Waals surface area contributed by atoms with Crippen LogP contribution in [0.3, 0.4) is 0 Å². The molecule has 4 heterocycles. The zero-order chi connectivity index (χ0) is 37.9. The number of aromatic amines is 2. The summed E-state index contributed by atoms with van der Waals surface area (Å²) in [5.74, 6) is 14.0. The zero-order valence-corrected chi connectivity index (χ0v) is 31.6. The first-order valence-corrected chi connectivity index (χ1v) is 19.5. The summed E-state index contributed by atoms with van der Waals surface area (Å²) in [6.45, 7) is 9.13. The number of H-pyrrole nitrogens is 2. The molecule has 4 fully saturated rings. The highest BCUT2D eigenvalue weighted by Crippen LogP contribution is 2.34. The number of carbonyl (C=O) groups is 4. The van der Waals surface area contributed by atoms with E-state index in [1.807, 2.05) is 61.8 Å². The molecule has 4 N–H and O–H groups in total. The Hall–Kier alpha value is -5.36. The molecule has 282 valence electrons. The number of benzene rings is 1. The van der Waals surface area contributed by atoms with E-state index in [9.17, 15) is 19.2 Å². The molecule has 4 atom stereocenters. The van der Waals surface area contributed by atoms with E-state index in [0.29, 0.717) is 36.1 Å². The summed E-state index contributed by atoms with van der Waals surface area (Å²) >= 11 is 0. The van der Waals surface area contributed by atoms with E-state index < -0.39 is 12.1 Å². The van der Waals surface area contributed by atoms with Crippen molar-refractivity contribution in [2.24, 2.45) is 23.7 Å². The van der Waals surface area contributed by atoms with E-state index >= 15 is 0 Å². The Morgan fingerprint density at radius 3 is 1.37 bits per heavy atom. The number of nitrogens with one attached hydrogen (secondary N) is 4. The summed E-state index contributed by atoms with van der Waals surface area (Å²) in [7, 11) is 0. The number of rotatable bonds is 10. The van der Waals surface area contributed by atoms with Gasteiger partial charge in [-0.1, -0.05) is 39.5 Å². The first-order chi connectivity index (χ1) is 26.0. The molecule has 4 amide bonds. The van der Waals surface area contributed by atoms with Crippen LogP contribution in [-0.4, -0.2) is 78.5 Å². The lowest BCUT2D eigenvalue weighted by molar-refractivity contribution is -0.139. The van der Waals surface area contributed by atoms with Gasteiger partial charge in [0.05, 0.1) is 24.5 Å². The van der Waals surface area contributed by atoms with Crippen LogP contribution in [0.5, 0.6) is 0 Å². The van der Waals surface area contributed by atoms with Crippen LogP contribution >= 0.6 is 0 Å². The fraction of sp³-hybridized carbons (Fsp3) is 0.524. The van der Waals surface area contributed by atoms with Crippen molar-refractivity contribution in [1.82, 2.24) is 40.4 Å². The molecule has 0 spiro atoms. The topological polar surface area (TPSA) is 156 Å². The Labute approximate surface area is 317 Å². The van der Waals surface area contributed by atoms with Gasteiger partial charge in [-0.25, -0.2) is 9.97 Å². The number of aromatic nitrogens is 4. The summed E-state index contributed by atoms with van der Waals surface area (Å²) in [6, 6.07) is 6.21. The number of nitrogens with zero attached hydrogens (tertiary/aromatic N) is 4. The number of amides is 4. The molecular formula is C42H50N8O4. The minimum absolute atomic E-state index is 0.0152. The second kappa shape index (κ2) is 15.9. The van der Waals surface area contributed by atoms with Gasteiger partial charge in [-0.05, 0) is 99.3 Å². The molecule has 3 aromatic rings. The summed E-state index contributed by atoms with van der Waals surface area (Å²) < 4.78 is 0. The third kappa shape index (κ3) is 8.54. The molecule has 7 rings (SSSR count). The van der Waals surface area contributed by atoms with Gasteiger partial charge in [0.1, 0.15) is 35.1 Å². The van der Waals surface area contributed by atoms with Crippen molar-refractivity contribution in [3.8, 4) is 23.7 Å². The second-order valence-corrected chi connectivity index (χ2v) is 15.8. The number of hydrogen-bond acceptors (Lipinski definition) is 6. The molecule has 2 aliphatic carbocycles. The second-order valence-electron chi connectivity index (χ2n) is 15.8. The Morgan fingerprint density at radius 1 is 0.630 bits per heavy atom. The number of imidazole rings is 2. The molecule has 0 bridgehead atoms. The average Bonchev–Trinajstić information content (AvgIpc) is 3.93. The van der Waals surface area contributed by atoms with Crippen molar-refractivity contribution in [3.63, 3.8) is 0 Å². The summed E-state index contributed by atoms with van der Waals surface area (Å²) in [4.78, 5) is 71.7. The highest BCUT2D eigenvalue weighted by Gasteiger charge is 2.41. The van der Waals surface area contributed by atoms with Crippen molar-refractivity contribution in [2.45, 2.75) is 103 Å². The minimum atomic E-state index is -0.547. The maximum Gasteiger partial charge on any atom is 0.246 e. The normalized spacial score (nSPS) is 20.6. The quantitative estimate of drug-likeness (QED) is 0.227. The zero-order valence-electron chi connectivity index (χ0n) is 31.6. The van der Waals surface area contributed by atoms with Gasteiger partial charge >= 0.3 is 0 Å². The minimum Gasteiger partial charge on any atom is -0.344 e. The molecular weight excluding hydrogens is 681 g/mol. The third-order valence-electron chi connectivity index (χ3n) is 10.8.